The van der Waals surface area contributed by atoms with E-state index in [1.165, 1.54) is 29.9 Å². The quantitative estimate of drug-likeness (QED) is 0.142. The van der Waals surface area contributed by atoms with Gasteiger partial charge in [-0.25, -0.2) is 4.39 Å². The van der Waals surface area contributed by atoms with Crippen LogP contribution in [0, 0.1) is 17.7 Å². The van der Waals surface area contributed by atoms with E-state index in [-0.39, 0.29) is 59.8 Å². The van der Waals surface area contributed by atoms with Gasteiger partial charge in [-0.2, -0.15) is 13.2 Å². The zero-order valence-electron chi connectivity index (χ0n) is 31.4. The van der Waals surface area contributed by atoms with Gasteiger partial charge in [0.2, 0.25) is 11.8 Å². The number of pyridine rings is 1. The number of aromatic nitrogens is 1. The third kappa shape index (κ3) is 8.30. The second-order valence-corrected chi connectivity index (χ2v) is 15.2. The summed E-state index contributed by atoms with van der Waals surface area (Å²) in [6, 6.07) is 13.7. The number of ether oxygens (including phenoxy) is 1. The summed E-state index contributed by atoms with van der Waals surface area (Å²) in [6.45, 7) is 2.22. The Morgan fingerprint density at radius 1 is 0.929 bits per heavy atom. The summed E-state index contributed by atoms with van der Waals surface area (Å²) in [6.07, 6.45) is 0.275. The molecule has 0 bridgehead atoms. The molecule has 3 aromatic carbocycles. The van der Waals surface area contributed by atoms with E-state index in [0.29, 0.717) is 67.7 Å². The molecule has 1 atom stereocenters. The summed E-state index contributed by atoms with van der Waals surface area (Å²) >= 11 is 0. The Bertz CT molecular complexity index is 2210. The predicted molar refractivity (Wildman–Crippen MR) is 205 cm³/mol. The maximum atomic E-state index is 15.8. The van der Waals surface area contributed by atoms with Crippen LogP contribution in [0.3, 0.4) is 0 Å². The van der Waals surface area contributed by atoms with Crippen LogP contribution in [0.1, 0.15) is 49.7 Å². The van der Waals surface area contributed by atoms with Gasteiger partial charge in [-0.1, -0.05) is 18.2 Å². The third-order valence-electron chi connectivity index (χ3n) is 11.5. The number of hydrogen-bond acceptors (Lipinski definition) is 8. The van der Waals surface area contributed by atoms with E-state index in [1.807, 2.05) is 18.2 Å². The van der Waals surface area contributed by atoms with Crippen LogP contribution in [0.25, 0.3) is 21.9 Å². The number of alkyl halides is 3. The van der Waals surface area contributed by atoms with Gasteiger partial charge < -0.3 is 19.5 Å². The van der Waals surface area contributed by atoms with Gasteiger partial charge in [-0.15, -0.1) is 0 Å². The Kier molecular flexibility index (Phi) is 11.2. The first kappa shape index (κ1) is 39.0. The molecule has 2 amide bonds. The van der Waals surface area contributed by atoms with E-state index in [4.69, 9.17) is 4.74 Å². The molecule has 14 heteroatoms. The number of piperidine rings is 3. The lowest BCUT2D eigenvalue weighted by atomic mass is 9.87. The van der Waals surface area contributed by atoms with Crippen molar-refractivity contribution in [2.45, 2.75) is 57.2 Å². The molecule has 2 N–H and O–H groups in total. The van der Waals surface area contributed by atoms with Crippen molar-refractivity contribution in [3.63, 3.8) is 0 Å². The fourth-order valence-corrected chi connectivity index (χ4v) is 8.38. The molecule has 296 valence electrons. The van der Waals surface area contributed by atoms with Gasteiger partial charge in [0.25, 0.3) is 5.56 Å². The highest BCUT2D eigenvalue weighted by Gasteiger charge is 2.37. The molecule has 3 aliphatic rings. The number of likely N-dealkylation sites (tertiary alicyclic amines) is 1. The fourth-order valence-electron chi connectivity index (χ4n) is 8.38. The zero-order valence-corrected chi connectivity index (χ0v) is 31.4. The summed E-state index contributed by atoms with van der Waals surface area (Å²) in [4.78, 5) is 53.5. The van der Waals surface area contributed by atoms with Crippen LogP contribution in [0.15, 0.2) is 65.6 Å². The number of carbonyl (C=O) groups is 3. The van der Waals surface area contributed by atoms with Crippen LogP contribution < -0.4 is 25.8 Å². The molecule has 0 radical (unpaired) electrons. The van der Waals surface area contributed by atoms with Gasteiger partial charge in [-0.3, -0.25) is 29.4 Å². The number of benzene rings is 3. The van der Waals surface area contributed by atoms with Crippen molar-refractivity contribution in [2.75, 3.05) is 50.1 Å². The van der Waals surface area contributed by atoms with E-state index in [0.717, 1.165) is 29.9 Å². The first-order valence-electron chi connectivity index (χ1n) is 19.1. The van der Waals surface area contributed by atoms with Crippen LogP contribution in [-0.2, 0) is 34.0 Å². The minimum absolute atomic E-state index is 0.0301. The molecule has 10 nitrogen and oxygen atoms in total. The first-order valence-corrected chi connectivity index (χ1v) is 19.1. The number of anilines is 2. The van der Waals surface area contributed by atoms with Gasteiger partial charge in [0.1, 0.15) is 23.4 Å². The SMILES string of the molecule is COc1cc(-c2cn(C)c(=O)c3ccccc23)cc(F)c1CC1CCN(CC(=O)C2CCN(c3ccc(NC4CCC(=O)NC4=O)cc3C(F)(F)F)CC2)CC1. The lowest BCUT2D eigenvalue weighted by molar-refractivity contribution is -0.137. The Labute approximate surface area is 321 Å². The average Bonchev–Trinajstić information content (AvgIpc) is 3.18. The standard InChI is InChI=1S/C42H45F4N5O5/c1-49-23-32(29-5-3-4-6-30(29)41(49)55)27-20-34(43)31(38(21-27)56-2)19-25-11-15-50(16-12-25)24-37(52)26-13-17-51(18-14-26)36-9-7-28(22-33(36)42(44,45)46)47-35-8-10-39(53)48-40(35)54/h3-7,9,20-23,25-26,35,47H,8,10-19,24H2,1-2H3,(H,48,53,54). The molecular weight excluding hydrogens is 730 g/mol. The van der Waals surface area contributed by atoms with E-state index in [9.17, 15) is 32.3 Å². The lowest BCUT2D eigenvalue weighted by Crippen LogP contribution is -2.47. The number of imide groups is 1. The van der Waals surface area contributed by atoms with E-state index in [1.54, 1.807) is 30.3 Å². The van der Waals surface area contributed by atoms with Crippen LogP contribution in [0.5, 0.6) is 5.75 Å². The van der Waals surface area contributed by atoms with Gasteiger partial charge in [-0.05, 0) is 105 Å². The number of hydrogen-bond donors (Lipinski definition) is 2. The number of Topliss-reactive ketones (excluding diaryl/α,β-unsaturated/α-hetero) is 1. The van der Waals surface area contributed by atoms with Gasteiger partial charge >= 0.3 is 6.18 Å². The van der Waals surface area contributed by atoms with Crippen LogP contribution in [0.2, 0.25) is 0 Å². The molecule has 3 aliphatic heterocycles. The second-order valence-electron chi connectivity index (χ2n) is 15.2. The smallest absolute Gasteiger partial charge is 0.418 e. The van der Waals surface area contributed by atoms with Gasteiger partial charge in [0, 0.05) is 66.6 Å². The second kappa shape index (κ2) is 16.1. The lowest BCUT2D eigenvalue weighted by Gasteiger charge is -2.36. The molecular formula is C42H45F4N5O5. The molecule has 3 fully saturated rings. The topological polar surface area (TPSA) is 113 Å². The van der Waals surface area contributed by atoms with Crippen molar-refractivity contribution < 1.29 is 36.7 Å². The number of amides is 2. The first-order chi connectivity index (χ1) is 26.8. The highest BCUT2D eigenvalue weighted by molar-refractivity contribution is 6.01. The van der Waals surface area contributed by atoms with Gasteiger partial charge in [0.15, 0.2) is 0 Å². The number of nitrogens with zero attached hydrogens (tertiary/aromatic N) is 3. The summed E-state index contributed by atoms with van der Waals surface area (Å²) in [5.41, 5.74) is 1.07. The minimum atomic E-state index is -4.64. The Morgan fingerprint density at radius 3 is 2.32 bits per heavy atom. The normalized spacial score (nSPS) is 19.0. The number of rotatable bonds is 10. The van der Waals surface area contributed by atoms with Crippen molar-refractivity contribution in [2.24, 2.45) is 18.9 Å². The summed E-state index contributed by atoms with van der Waals surface area (Å²) < 4.78 is 65.7. The number of aryl methyl sites for hydroxylation is 1. The summed E-state index contributed by atoms with van der Waals surface area (Å²) in [7, 11) is 3.20. The van der Waals surface area contributed by atoms with Gasteiger partial charge in [0.05, 0.1) is 19.2 Å². The Balaban J connectivity index is 0.929. The highest BCUT2D eigenvalue weighted by atomic mass is 19.4. The number of halogens is 4. The fraction of sp³-hybridized carbons (Fsp3) is 0.429. The van der Waals surface area contributed by atoms with Crippen molar-refractivity contribution >= 4 is 39.7 Å². The van der Waals surface area contributed by atoms with Crippen molar-refractivity contribution in [1.82, 2.24) is 14.8 Å². The predicted octanol–water partition coefficient (Wildman–Crippen LogP) is 6.33. The third-order valence-corrected chi connectivity index (χ3v) is 11.5. The van der Waals surface area contributed by atoms with Crippen molar-refractivity contribution in [3.8, 4) is 16.9 Å². The highest BCUT2D eigenvalue weighted by Crippen LogP contribution is 2.40. The number of ketones is 1. The average molecular weight is 776 g/mol. The number of carbonyl (C=O) groups excluding carboxylic acids is 3. The summed E-state index contributed by atoms with van der Waals surface area (Å²) in [5, 5.41) is 6.32. The number of fused-ring (bicyclic) bond motifs is 1. The molecule has 4 aromatic rings. The Morgan fingerprint density at radius 2 is 1.64 bits per heavy atom. The summed E-state index contributed by atoms with van der Waals surface area (Å²) in [5.74, 6) is -0.889. The number of methoxy groups -OCH3 is 1. The van der Waals surface area contributed by atoms with E-state index in [2.05, 4.69) is 15.5 Å². The molecule has 0 saturated carbocycles. The monoisotopic (exact) mass is 775 g/mol. The van der Waals surface area contributed by atoms with E-state index < -0.39 is 29.6 Å². The van der Waals surface area contributed by atoms with Crippen LogP contribution in [0.4, 0.5) is 28.9 Å². The van der Waals surface area contributed by atoms with E-state index >= 15 is 4.39 Å². The molecule has 3 saturated heterocycles. The largest absolute Gasteiger partial charge is 0.496 e. The maximum Gasteiger partial charge on any atom is 0.418 e. The molecule has 0 aliphatic carbocycles. The van der Waals surface area contributed by atoms with Crippen LogP contribution in [-0.4, -0.2) is 72.9 Å². The van der Waals surface area contributed by atoms with Crippen LogP contribution >= 0.6 is 0 Å². The minimum Gasteiger partial charge on any atom is -0.496 e. The zero-order chi connectivity index (χ0) is 39.7. The van der Waals surface area contributed by atoms with Crippen molar-refractivity contribution in [1.29, 1.82) is 0 Å². The molecule has 0 spiro atoms. The molecule has 7 rings (SSSR count). The number of nitrogens with one attached hydrogen (secondary N) is 2. The Hall–Kier alpha value is -5.24. The molecule has 1 aromatic heterocycles. The molecule has 4 heterocycles. The molecule has 1 unspecified atom stereocenters. The molecule has 56 heavy (non-hydrogen) atoms. The maximum absolute atomic E-state index is 15.8. The van der Waals surface area contributed by atoms with Crippen molar-refractivity contribution in [3.05, 3.63) is 88.1 Å².